The third kappa shape index (κ3) is 3.24. The van der Waals surface area contributed by atoms with Crippen LogP contribution in [0, 0.1) is 5.41 Å². The zero-order valence-corrected chi connectivity index (χ0v) is 11.1. The van der Waals surface area contributed by atoms with Crippen molar-refractivity contribution < 1.29 is 14.6 Å². The molecule has 0 aliphatic carbocycles. The summed E-state index contributed by atoms with van der Waals surface area (Å²) in [6.45, 7) is 2.05. The number of rotatable bonds is 4. The number of piperidine rings is 1. The molecule has 1 heterocycles. The minimum absolute atomic E-state index is 0.0403. The van der Waals surface area contributed by atoms with E-state index in [-0.39, 0.29) is 11.7 Å². The maximum atomic E-state index is 12.5. The van der Waals surface area contributed by atoms with E-state index in [4.69, 9.17) is 4.74 Å². The summed E-state index contributed by atoms with van der Waals surface area (Å²) >= 11 is 0. The molecule has 1 aliphatic rings. The number of amides is 1. The number of carbonyl (C=O) groups excluding carboxylic acids is 1. The molecule has 1 fully saturated rings. The van der Waals surface area contributed by atoms with Gasteiger partial charge in [0.25, 0.3) is 0 Å². The average Bonchev–Trinajstić information content (AvgIpc) is 2.40. The molecule has 0 saturated carbocycles. The van der Waals surface area contributed by atoms with Gasteiger partial charge in [0.2, 0.25) is 5.91 Å². The molecule has 104 valence electrons. The van der Waals surface area contributed by atoms with Gasteiger partial charge in [-0.2, -0.15) is 0 Å². The molecule has 0 bridgehead atoms. The first-order chi connectivity index (χ1) is 9.16. The summed E-state index contributed by atoms with van der Waals surface area (Å²) in [5, 5.41) is 15.5. The lowest BCUT2D eigenvalue weighted by molar-refractivity contribution is -0.130. The quantitative estimate of drug-likeness (QED) is 0.767. The van der Waals surface area contributed by atoms with Gasteiger partial charge in [-0.25, -0.2) is 0 Å². The Kier molecular flexibility index (Phi) is 4.39. The number of hydrogen-bond donors (Lipinski definition) is 3. The highest BCUT2D eigenvalue weighted by Crippen LogP contribution is 2.31. The molecule has 19 heavy (non-hydrogen) atoms. The van der Waals surface area contributed by atoms with Gasteiger partial charge >= 0.3 is 0 Å². The van der Waals surface area contributed by atoms with Gasteiger partial charge in [-0.15, -0.1) is 0 Å². The van der Waals surface area contributed by atoms with Crippen molar-refractivity contribution in [3.63, 3.8) is 0 Å². The van der Waals surface area contributed by atoms with E-state index in [1.54, 1.807) is 31.4 Å². The summed E-state index contributed by atoms with van der Waals surface area (Å²) in [5.74, 6) is 0.102. The molecule has 1 saturated heterocycles. The van der Waals surface area contributed by atoms with E-state index in [0.29, 0.717) is 12.3 Å². The summed E-state index contributed by atoms with van der Waals surface area (Å²) in [4.78, 5) is 12.5. The van der Waals surface area contributed by atoms with Crippen LogP contribution in [0.2, 0.25) is 0 Å². The van der Waals surface area contributed by atoms with E-state index in [9.17, 15) is 9.90 Å². The Morgan fingerprint density at radius 1 is 1.47 bits per heavy atom. The topological polar surface area (TPSA) is 70.6 Å². The molecule has 0 unspecified atom stereocenters. The molecule has 0 radical (unpaired) electrons. The van der Waals surface area contributed by atoms with Gasteiger partial charge in [0, 0.05) is 18.9 Å². The molecule has 5 nitrogen and oxygen atoms in total. The molecule has 1 amide bonds. The third-order valence-corrected chi connectivity index (χ3v) is 3.57. The lowest BCUT2D eigenvalue weighted by atomic mass is 9.78. The van der Waals surface area contributed by atoms with Gasteiger partial charge < -0.3 is 20.5 Å². The van der Waals surface area contributed by atoms with Crippen LogP contribution in [0.25, 0.3) is 0 Å². The third-order valence-electron chi connectivity index (χ3n) is 3.57. The van der Waals surface area contributed by atoms with Crippen molar-refractivity contribution in [1.29, 1.82) is 0 Å². The van der Waals surface area contributed by atoms with Gasteiger partial charge in [-0.1, -0.05) is 6.07 Å². The van der Waals surface area contributed by atoms with Crippen LogP contribution in [0.15, 0.2) is 24.3 Å². The number of carbonyl (C=O) groups is 1. The van der Waals surface area contributed by atoms with Gasteiger partial charge in [0.05, 0.1) is 12.0 Å². The van der Waals surface area contributed by atoms with Crippen LogP contribution in [0.3, 0.4) is 0 Å². The van der Waals surface area contributed by atoms with Crippen LogP contribution in [0.1, 0.15) is 12.8 Å². The number of methoxy groups -OCH3 is 1. The van der Waals surface area contributed by atoms with Crippen LogP contribution in [-0.4, -0.2) is 37.8 Å². The van der Waals surface area contributed by atoms with Gasteiger partial charge in [-0.3, -0.25) is 4.79 Å². The number of anilines is 1. The summed E-state index contributed by atoms with van der Waals surface area (Å²) in [5.41, 5.74) is 0.130. The predicted molar refractivity (Wildman–Crippen MR) is 73.1 cm³/mol. The Morgan fingerprint density at radius 3 is 2.84 bits per heavy atom. The van der Waals surface area contributed by atoms with Crippen molar-refractivity contribution in [3.8, 4) is 5.75 Å². The molecular weight excluding hydrogens is 244 g/mol. The predicted octanol–water partition coefficient (Wildman–Crippen LogP) is 1.35. The molecule has 0 spiro atoms. The Labute approximate surface area is 113 Å². The average molecular weight is 264 g/mol. The summed E-state index contributed by atoms with van der Waals surface area (Å²) in [6.07, 6.45) is 1.51. The van der Waals surface area contributed by atoms with E-state index in [1.165, 1.54) is 0 Å². The number of benzene rings is 1. The van der Waals surface area contributed by atoms with E-state index < -0.39 is 5.41 Å². The van der Waals surface area contributed by atoms with E-state index in [0.717, 1.165) is 25.9 Å². The number of hydrogen-bond acceptors (Lipinski definition) is 4. The molecule has 1 aromatic rings. The highest BCUT2D eigenvalue weighted by Gasteiger charge is 2.39. The molecule has 5 heteroatoms. The Bertz CT molecular complexity index is 437. The van der Waals surface area contributed by atoms with E-state index in [1.807, 2.05) is 0 Å². The standard InChI is InChI=1S/C14H20N2O3/c1-19-10-14(5-7-15-8-6-14)13(18)16-11-3-2-4-12(17)9-11/h2-4,9,15,17H,5-8,10H2,1H3,(H,16,18). The van der Waals surface area contributed by atoms with Crippen LogP contribution in [0.5, 0.6) is 5.75 Å². The fourth-order valence-electron chi connectivity index (χ4n) is 2.47. The summed E-state index contributed by atoms with van der Waals surface area (Å²) in [7, 11) is 1.62. The van der Waals surface area contributed by atoms with Crippen LogP contribution >= 0.6 is 0 Å². The Hall–Kier alpha value is -1.59. The van der Waals surface area contributed by atoms with Crippen LogP contribution < -0.4 is 10.6 Å². The SMILES string of the molecule is COCC1(C(=O)Nc2cccc(O)c2)CCNCC1. The molecule has 0 aromatic heterocycles. The van der Waals surface area contributed by atoms with Crippen molar-refractivity contribution in [2.75, 3.05) is 32.1 Å². The van der Waals surface area contributed by atoms with Crippen molar-refractivity contribution in [1.82, 2.24) is 5.32 Å². The number of aromatic hydroxyl groups is 1. The smallest absolute Gasteiger partial charge is 0.233 e. The maximum Gasteiger partial charge on any atom is 0.233 e. The highest BCUT2D eigenvalue weighted by atomic mass is 16.5. The van der Waals surface area contributed by atoms with E-state index in [2.05, 4.69) is 10.6 Å². The maximum absolute atomic E-state index is 12.5. The number of phenolic OH excluding ortho intramolecular Hbond substituents is 1. The minimum atomic E-state index is -0.481. The molecule has 3 N–H and O–H groups in total. The molecule has 1 aromatic carbocycles. The Morgan fingerprint density at radius 2 is 2.21 bits per heavy atom. The fraction of sp³-hybridized carbons (Fsp3) is 0.500. The Balaban J connectivity index is 2.11. The number of phenols is 1. The zero-order valence-electron chi connectivity index (χ0n) is 11.1. The van der Waals surface area contributed by atoms with E-state index >= 15 is 0 Å². The minimum Gasteiger partial charge on any atom is -0.508 e. The second-order valence-electron chi connectivity index (χ2n) is 4.97. The van der Waals surface area contributed by atoms with Crippen molar-refractivity contribution in [2.24, 2.45) is 5.41 Å². The summed E-state index contributed by atoms with van der Waals surface area (Å²) < 4.78 is 5.23. The number of ether oxygens (including phenoxy) is 1. The second-order valence-corrected chi connectivity index (χ2v) is 4.97. The van der Waals surface area contributed by atoms with Gasteiger partial charge in [-0.05, 0) is 38.1 Å². The van der Waals surface area contributed by atoms with Crippen molar-refractivity contribution >= 4 is 11.6 Å². The molecular formula is C14H20N2O3. The lowest BCUT2D eigenvalue weighted by Crippen LogP contribution is -2.47. The zero-order chi connectivity index (χ0) is 13.7. The monoisotopic (exact) mass is 264 g/mol. The number of nitrogens with one attached hydrogen (secondary N) is 2. The van der Waals surface area contributed by atoms with Crippen molar-refractivity contribution in [3.05, 3.63) is 24.3 Å². The fourth-order valence-corrected chi connectivity index (χ4v) is 2.47. The van der Waals surface area contributed by atoms with Gasteiger partial charge in [0.1, 0.15) is 5.75 Å². The second kappa shape index (κ2) is 6.04. The first-order valence-electron chi connectivity index (χ1n) is 6.46. The molecule has 0 atom stereocenters. The summed E-state index contributed by atoms with van der Waals surface area (Å²) in [6, 6.07) is 6.58. The van der Waals surface area contributed by atoms with Gasteiger partial charge in [0.15, 0.2) is 0 Å². The van der Waals surface area contributed by atoms with Crippen molar-refractivity contribution in [2.45, 2.75) is 12.8 Å². The first kappa shape index (κ1) is 13.8. The van der Waals surface area contributed by atoms with Crippen LogP contribution in [0.4, 0.5) is 5.69 Å². The normalized spacial score (nSPS) is 17.9. The molecule has 1 aliphatic heterocycles. The lowest BCUT2D eigenvalue weighted by Gasteiger charge is -2.35. The first-order valence-corrected chi connectivity index (χ1v) is 6.46. The largest absolute Gasteiger partial charge is 0.508 e. The molecule has 2 rings (SSSR count). The van der Waals surface area contributed by atoms with Crippen LogP contribution in [-0.2, 0) is 9.53 Å². The highest BCUT2D eigenvalue weighted by molar-refractivity contribution is 5.95.